The second-order valence-corrected chi connectivity index (χ2v) is 13.6. The molecule has 3 atom stereocenters. The zero-order chi connectivity index (χ0) is 37.4. The minimum Gasteiger partial charge on any atom is -0.493 e. The largest absolute Gasteiger partial charge is 0.493 e. The molecule has 52 heavy (non-hydrogen) atoms. The van der Waals surface area contributed by atoms with Gasteiger partial charge < -0.3 is 40.4 Å². The molecule has 2 aliphatic heterocycles. The third kappa shape index (κ3) is 9.32. The van der Waals surface area contributed by atoms with Gasteiger partial charge in [0.05, 0.1) is 31.5 Å². The standard InChI is InChI=1S/C38H44IN5O8/c1-22(41-34(45)11-7-8-12-35(46)51-4)36(47)42-23(2)37(48)43-27-14-24(19-39)13-25(15-27)21-52-33-18-30-29(17-32(33)50-3)38(49)44-28(20-40-30)16-26-9-5-6-10-31(26)44/h5-6,9-10,13-15,17-18,22-23,28,40H,7-8,11-12,16,19-21H2,1-4H3,(H,41,45)(H,42,47)(H,43,48)/t22-,23-,28-/m0/s1. The molecule has 0 unspecified atom stereocenters. The summed E-state index contributed by atoms with van der Waals surface area (Å²) in [6.07, 6.45) is 2.14. The van der Waals surface area contributed by atoms with Crippen molar-refractivity contribution in [2.24, 2.45) is 0 Å². The van der Waals surface area contributed by atoms with Gasteiger partial charge in [-0.15, -0.1) is 0 Å². The predicted octanol–water partition coefficient (Wildman–Crippen LogP) is 4.89. The van der Waals surface area contributed by atoms with Gasteiger partial charge in [-0.3, -0.25) is 24.0 Å². The summed E-state index contributed by atoms with van der Waals surface area (Å²) >= 11 is 2.24. The number of halogens is 1. The molecule has 4 N–H and O–H groups in total. The van der Waals surface area contributed by atoms with E-state index in [4.69, 9.17) is 9.47 Å². The van der Waals surface area contributed by atoms with Gasteiger partial charge in [0, 0.05) is 41.3 Å². The average Bonchev–Trinajstić information content (AvgIpc) is 3.46. The molecule has 0 bridgehead atoms. The fraction of sp³-hybridized carbons (Fsp3) is 0.395. The molecule has 276 valence electrons. The van der Waals surface area contributed by atoms with Crippen molar-refractivity contribution in [3.63, 3.8) is 0 Å². The van der Waals surface area contributed by atoms with Crippen molar-refractivity contribution in [3.05, 3.63) is 76.9 Å². The maximum absolute atomic E-state index is 13.8. The van der Waals surface area contributed by atoms with Gasteiger partial charge in [0.15, 0.2) is 11.5 Å². The Morgan fingerprint density at radius 3 is 2.40 bits per heavy atom. The number of hydrogen-bond acceptors (Lipinski definition) is 9. The smallest absolute Gasteiger partial charge is 0.305 e. The number of ether oxygens (including phenoxy) is 3. The zero-order valence-electron chi connectivity index (χ0n) is 29.7. The molecule has 3 aromatic rings. The minimum atomic E-state index is -0.891. The number of esters is 1. The fourth-order valence-corrected chi connectivity index (χ4v) is 6.70. The lowest BCUT2D eigenvalue weighted by Gasteiger charge is -2.22. The number of nitrogens with one attached hydrogen (secondary N) is 4. The van der Waals surface area contributed by atoms with Gasteiger partial charge in [-0.1, -0.05) is 46.9 Å². The molecular formula is C38H44IN5O8. The molecule has 5 rings (SSSR count). The molecule has 13 nitrogen and oxygen atoms in total. The van der Waals surface area contributed by atoms with Crippen LogP contribution in [0.15, 0.2) is 54.6 Å². The van der Waals surface area contributed by atoms with E-state index in [0.717, 1.165) is 28.8 Å². The third-order valence-corrected chi connectivity index (χ3v) is 9.89. The second-order valence-electron chi connectivity index (χ2n) is 12.8. The summed E-state index contributed by atoms with van der Waals surface area (Å²) < 4.78 is 17.2. The number of unbranched alkanes of at least 4 members (excludes halogenated alkanes) is 1. The number of carbonyl (C=O) groups is 5. The molecule has 2 heterocycles. The third-order valence-electron chi connectivity index (χ3n) is 9.01. The van der Waals surface area contributed by atoms with Crippen molar-refractivity contribution in [3.8, 4) is 11.5 Å². The summed E-state index contributed by atoms with van der Waals surface area (Å²) in [7, 11) is 2.85. The zero-order valence-corrected chi connectivity index (χ0v) is 31.8. The Morgan fingerprint density at radius 2 is 1.65 bits per heavy atom. The lowest BCUT2D eigenvalue weighted by Crippen LogP contribution is -2.50. The molecule has 2 aliphatic rings. The number of carbonyl (C=O) groups excluding carboxylic acids is 5. The first-order valence-corrected chi connectivity index (χ1v) is 18.7. The summed E-state index contributed by atoms with van der Waals surface area (Å²) in [6.45, 7) is 3.85. The number of methoxy groups -OCH3 is 2. The summed E-state index contributed by atoms with van der Waals surface area (Å²) in [5.41, 5.74) is 5.54. The van der Waals surface area contributed by atoms with Gasteiger partial charge in [-0.05, 0) is 74.1 Å². The van der Waals surface area contributed by atoms with Crippen molar-refractivity contribution < 1.29 is 38.2 Å². The first kappa shape index (κ1) is 38.4. The number of hydrogen-bond donors (Lipinski definition) is 4. The lowest BCUT2D eigenvalue weighted by molar-refractivity contribution is -0.140. The Balaban J connectivity index is 1.19. The normalized spacial score (nSPS) is 15.4. The molecule has 0 saturated heterocycles. The number of benzene rings is 3. The van der Waals surface area contributed by atoms with Crippen LogP contribution >= 0.6 is 22.6 Å². The quantitative estimate of drug-likeness (QED) is 0.0724. The van der Waals surface area contributed by atoms with Gasteiger partial charge >= 0.3 is 5.97 Å². The Labute approximate surface area is 316 Å². The Bertz CT molecular complexity index is 1830. The van der Waals surface area contributed by atoms with Crippen LogP contribution in [-0.4, -0.2) is 68.5 Å². The highest BCUT2D eigenvalue weighted by molar-refractivity contribution is 14.1. The van der Waals surface area contributed by atoms with Crippen molar-refractivity contribution >= 4 is 69.3 Å². The van der Waals surface area contributed by atoms with Gasteiger partial charge in [0.1, 0.15) is 18.7 Å². The lowest BCUT2D eigenvalue weighted by atomic mass is 10.1. The van der Waals surface area contributed by atoms with Crippen LogP contribution in [0.5, 0.6) is 11.5 Å². The number of fused-ring (bicyclic) bond motifs is 4. The SMILES string of the molecule is COC(=O)CCCCC(=O)N[C@@H](C)C(=O)N[C@@H](C)C(=O)Nc1cc(CI)cc(COc2cc3c(cc2OC)C(=O)N2c4ccccc4C[C@H]2CN3)c1. The van der Waals surface area contributed by atoms with Crippen LogP contribution < -0.4 is 35.6 Å². The van der Waals surface area contributed by atoms with Crippen molar-refractivity contribution in [1.82, 2.24) is 10.6 Å². The van der Waals surface area contributed by atoms with Gasteiger partial charge in [0.25, 0.3) is 5.91 Å². The fourth-order valence-electron chi connectivity index (χ4n) is 6.26. The van der Waals surface area contributed by atoms with Crippen LogP contribution in [0, 0.1) is 0 Å². The van der Waals surface area contributed by atoms with Crippen LogP contribution in [-0.2, 0) is 41.4 Å². The summed E-state index contributed by atoms with van der Waals surface area (Å²) in [5.74, 6) is -0.800. The van der Waals surface area contributed by atoms with Crippen LogP contribution in [0.1, 0.15) is 66.6 Å². The van der Waals surface area contributed by atoms with E-state index < -0.39 is 23.9 Å². The number of nitrogens with zero attached hydrogens (tertiary/aromatic N) is 1. The van der Waals surface area contributed by atoms with Gasteiger partial charge in [-0.2, -0.15) is 0 Å². The van der Waals surface area contributed by atoms with Crippen LogP contribution in [0.2, 0.25) is 0 Å². The summed E-state index contributed by atoms with van der Waals surface area (Å²) in [5, 5.41) is 11.6. The highest BCUT2D eigenvalue weighted by Gasteiger charge is 2.37. The topological polar surface area (TPSA) is 164 Å². The predicted molar refractivity (Wildman–Crippen MR) is 205 cm³/mol. The summed E-state index contributed by atoms with van der Waals surface area (Å²) in [4.78, 5) is 65.0. The Hall–Kier alpha value is -4.86. The first-order valence-electron chi connectivity index (χ1n) is 17.2. The monoisotopic (exact) mass is 825 g/mol. The van der Waals surface area contributed by atoms with E-state index in [9.17, 15) is 24.0 Å². The van der Waals surface area contributed by atoms with Crippen LogP contribution in [0.25, 0.3) is 0 Å². The summed E-state index contributed by atoms with van der Waals surface area (Å²) in [6, 6.07) is 15.4. The molecular weight excluding hydrogens is 781 g/mol. The average molecular weight is 826 g/mol. The van der Waals surface area contributed by atoms with E-state index in [1.165, 1.54) is 21.1 Å². The van der Waals surface area contributed by atoms with E-state index in [-0.39, 0.29) is 43.3 Å². The highest BCUT2D eigenvalue weighted by atomic mass is 127. The number of amides is 4. The molecule has 0 spiro atoms. The molecule has 4 amide bonds. The Kier molecular flexibility index (Phi) is 13.0. The molecule has 0 aromatic heterocycles. The van der Waals surface area contributed by atoms with Crippen LogP contribution in [0.4, 0.5) is 17.1 Å². The van der Waals surface area contributed by atoms with Crippen molar-refractivity contribution in [1.29, 1.82) is 0 Å². The number of para-hydroxylation sites is 1. The maximum atomic E-state index is 13.8. The molecule has 0 fully saturated rings. The maximum Gasteiger partial charge on any atom is 0.305 e. The molecule has 3 aromatic carbocycles. The van der Waals surface area contributed by atoms with E-state index in [2.05, 4.69) is 54.7 Å². The van der Waals surface area contributed by atoms with Crippen molar-refractivity contribution in [2.75, 3.05) is 36.3 Å². The second kappa shape index (κ2) is 17.6. The van der Waals surface area contributed by atoms with E-state index in [1.807, 2.05) is 35.2 Å². The van der Waals surface area contributed by atoms with Crippen LogP contribution in [0.3, 0.4) is 0 Å². The minimum absolute atomic E-state index is 0.000960. The van der Waals surface area contributed by atoms with Gasteiger partial charge in [0.2, 0.25) is 17.7 Å². The van der Waals surface area contributed by atoms with E-state index >= 15 is 0 Å². The number of anilines is 3. The molecule has 0 radical (unpaired) electrons. The molecule has 0 saturated carbocycles. The number of rotatable bonds is 15. The number of alkyl halides is 1. The molecule has 14 heteroatoms. The first-order chi connectivity index (χ1) is 25.0. The van der Waals surface area contributed by atoms with E-state index in [0.29, 0.717) is 52.3 Å². The van der Waals surface area contributed by atoms with E-state index in [1.54, 1.807) is 25.1 Å². The highest BCUT2D eigenvalue weighted by Crippen LogP contribution is 2.40. The Morgan fingerprint density at radius 1 is 0.923 bits per heavy atom. The van der Waals surface area contributed by atoms with Crippen molar-refractivity contribution in [2.45, 2.75) is 75.1 Å². The molecule has 0 aliphatic carbocycles. The van der Waals surface area contributed by atoms with Gasteiger partial charge in [-0.25, -0.2) is 0 Å².